The Morgan fingerprint density at radius 3 is 2.57 bits per heavy atom. The molecule has 1 aliphatic heterocycles. The van der Waals surface area contributed by atoms with Crippen molar-refractivity contribution in [3.63, 3.8) is 0 Å². The molecular weight excluding hydrogens is 499 g/mol. The molecule has 1 aliphatic rings. The first-order chi connectivity index (χ1) is 16.3. The fourth-order valence-corrected chi connectivity index (χ4v) is 4.10. The van der Waals surface area contributed by atoms with Crippen molar-refractivity contribution in [1.29, 1.82) is 0 Å². The van der Waals surface area contributed by atoms with Gasteiger partial charge in [0.05, 0.1) is 38.9 Å². The molecule has 1 saturated heterocycles. The second-order valence-corrected chi connectivity index (χ2v) is 10.5. The first-order valence-electron chi connectivity index (χ1n) is 11.0. The van der Waals surface area contributed by atoms with Crippen molar-refractivity contribution < 1.29 is 18.4 Å². The summed E-state index contributed by atoms with van der Waals surface area (Å²) in [7, 11) is 0. The van der Waals surface area contributed by atoms with E-state index in [9.17, 15) is 18.4 Å². The van der Waals surface area contributed by atoms with E-state index in [1.807, 2.05) is 26.8 Å². The van der Waals surface area contributed by atoms with Gasteiger partial charge in [0.1, 0.15) is 0 Å². The highest BCUT2D eigenvalue weighted by Crippen LogP contribution is 2.32. The molecule has 0 bridgehead atoms. The molecule has 0 spiro atoms. The summed E-state index contributed by atoms with van der Waals surface area (Å²) < 4.78 is 27.1. The molecule has 2 aromatic carbocycles. The number of anilines is 2. The normalized spacial score (nSPS) is 15.5. The number of nitrogens with zero attached hydrogens (tertiary/aromatic N) is 2. The number of hydrogen-bond acceptors (Lipinski definition) is 4. The van der Waals surface area contributed by atoms with Crippen LogP contribution in [0.15, 0.2) is 30.3 Å². The standard InChI is InChI=1S/C24H25Cl2F2N5O2/c1-23(2,3)21(35)29-11-13-4-5-15(25)17(8-13)30-22-31-18-9-14(16(26)10-19(18)32-22)20(34)33-7-6-24(27,28)12-33/h4-5,8-10H,6-7,11-12H2,1-3H3,(H,29,35)(H2,30,31,32). The maximum absolute atomic E-state index is 13.6. The van der Waals surface area contributed by atoms with Gasteiger partial charge in [-0.05, 0) is 29.8 Å². The lowest BCUT2D eigenvalue weighted by atomic mass is 9.95. The summed E-state index contributed by atoms with van der Waals surface area (Å²) in [6.07, 6.45) is -0.366. The summed E-state index contributed by atoms with van der Waals surface area (Å²) in [5.41, 5.74) is 2.02. The SMILES string of the molecule is CC(C)(C)C(=O)NCc1ccc(Cl)c(Nc2nc3cc(C(=O)N4CCC(F)(F)C4)c(Cl)cc3[nH]2)c1. The molecule has 186 valence electrons. The van der Waals surface area contributed by atoms with Gasteiger partial charge in [0.15, 0.2) is 0 Å². The van der Waals surface area contributed by atoms with Crippen LogP contribution in [-0.2, 0) is 11.3 Å². The van der Waals surface area contributed by atoms with Crippen molar-refractivity contribution in [2.24, 2.45) is 5.41 Å². The van der Waals surface area contributed by atoms with E-state index in [2.05, 4.69) is 20.6 Å². The number of carbonyl (C=O) groups is 2. The lowest BCUT2D eigenvalue weighted by molar-refractivity contribution is -0.128. The van der Waals surface area contributed by atoms with Gasteiger partial charge in [-0.15, -0.1) is 0 Å². The van der Waals surface area contributed by atoms with Crippen LogP contribution in [0.2, 0.25) is 10.0 Å². The number of fused-ring (bicyclic) bond motifs is 1. The number of H-pyrrole nitrogens is 1. The molecule has 0 unspecified atom stereocenters. The number of carbonyl (C=O) groups excluding carboxylic acids is 2. The number of imidazole rings is 1. The minimum absolute atomic E-state index is 0.0292. The maximum Gasteiger partial charge on any atom is 0.267 e. The highest BCUT2D eigenvalue weighted by atomic mass is 35.5. The first kappa shape index (κ1) is 25.2. The van der Waals surface area contributed by atoms with Gasteiger partial charge in [0.25, 0.3) is 11.8 Å². The predicted molar refractivity (Wildman–Crippen MR) is 133 cm³/mol. The van der Waals surface area contributed by atoms with Gasteiger partial charge in [-0.1, -0.05) is 50.0 Å². The van der Waals surface area contributed by atoms with Crippen molar-refractivity contribution in [2.75, 3.05) is 18.4 Å². The van der Waals surface area contributed by atoms with E-state index in [1.54, 1.807) is 12.1 Å². The fourth-order valence-electron chi connectivity index (χ4n) is 3.69. The van der Waals surface area contributed by atoms with Crippen LogP contribution in [0.5, 0.6) is 0 Å². The maximum atomic E-state index is 13.6. The van der Waals surface area contributed by atoms with Crippen LogP contribution in [0.25, 0.3) is 11.0 Å². The molecule has 0 saturated carbocycles. The summed E-state index contributed by atoms with van der Waals surface area (Å²) in [4.78, 5) is 33.5. The van der Waals surface area contributed by atoms with E-state index >= 15 is 0 Å². The van der Waals surface area contributed by atoms with Crippen molar-refractivity contribution >= 4 is 57.7 Å². The molecular formula is C24H25Cl2F2N5O2. The molecule has 3 N–H and O–H groups in total. The second-order valence-electron chi connectivity index (χ2n) is 9.64. The van der Waals surface area contributed by atoms with E-state index in [4.69, 9.17) is 23.2 Å². The topological polar surface area (TPSA) is 90.1 Å². The number of hydrogen-bond donors (Lipinski definition) is 3. The van der Waals surface area contributed by atoms with Gasteiger partial charge in [-0.25, -0.2) is 13.8 Å². The Labute approximate surface area is 211 Å². The third kappa shape index (κ3) is 5.67. The number of rotatable bonds is 5. The minimum Gasteiger partial charge on any atom is -0.352 e. The molecule has 2 heterocycles. The molecule has 4 rings (SSSR count). The van der Waals surface area contributed by atoms with Crippen LogP contribution in [0.1, 0.15) is 43.1 Å². The van der Waals surface area contributed by atoms with Crippen LogP contribution in [-0.4, -0.2) is 45.7 Å². The highest BCUT2D eigenvalue weighted by Gasteiger charge is 2.40. The quantitative estimate of drug-likeness (QED) is 0.396. The van der Waals surface area contributed by atoms with Crippen molar-refractivity contribution in [1.82, 2.24) is 20.2 Å². The predicted octanol–water partition coefficient (Wildman–Crippen LogP) is 5.76. The largest absolute Gasteiger partial charge is 0.352 e. The fraction of sp³-hybridized carbons (Fsp3) is 0.375. The van der Waals surface area contributed by atoms with Gasteiger partial charge in [0.2, 0.25) is 11.9 Å². The Morgan fingerprint density at radius 2 is 1.91 bits per heavy atom. The van der Waals surface area contributed by atoms with Gasteiger partial charge < -0.3 is 20.5 Å². The third-order valence-electron chi connectivity index (χ3n) is 5.68. The molecule has 11 heteroatoms. The van der Waals surface area contributed by atoms with E-state index in [0.29, 0.717) is 34.2 Å². The Kier molecular flexibility index (Phi) is 6.68. The number of amides is 2. The summed E-state index contributed by atoms with van der Waals surface area (Å²) in [5.74, 6) is -3.16. The lowest BCUT2D eigenvalue weighted by Gasteiger charge is -2.18. The van der Waals surface area contributed by atoms with Crippen LogP contribution >= 0.6 is 23.2 Å². The summed E-state index contributed by atoms with van der Waals surface area (Å²) >= 11 is 12.6. The zero-order chi connectivity index (χ0) is 25.5. The van der Waals surface area contributed by atoms with Crippen molar-refractivity contribution in [3.05, 3.63) is 51.5 Å². The number of alkyl halides is 2. The lowest BCUT2D eigenvalue weighted by Crippen LogP contribution is -2.34. The summed E-state index contributed by atoms with van der Waals surface area (Å²) in [5, 5.41) is 6.58. The second kappa shape index (κ2) is 9.28. The number of likely N-dealkylation sites (tertiary alicyclic amines) is 1. The Balaban J connectivity index is 1.53. The first-order valence-corrected chi connectivity index (χ1v) is 11.8. The monoisotopic (exact) mass is 523 g/mol. The number of aromatic nitrogens is 2. The average Bonchev–Trinajstić information content (AvgIpc) is 3.33. The number of nitrogens with one attached hydrogen (secondary N) is 3. The highest BCUT2D eigenvalue weighted by molar-refractivity contribution is 6.34. The number of aromatic amines is 1. The van der Waals surface area contributed by atoms with Crippen LogP contribution in [0.4, 0.5) is 20.4 Å². The smallest absolute Gasteiger partial charge is 0.267 e. The molecule has 1 aromatic heterocycles. The molecule has 0 radical (unpaired) electrons. The molecule has 1 fully saturated rings. The van der Waals surface area contributed by atoms with Crippen LogP contribution in [0.3, 0.4) is 0 Å². The van der Waals surface area contributed by atoms with Gasteiger partial charge >= 0.3 is 0 Å². The molecule has 35 heavy (non-hydrogen) atoms. The zero-order valence-corrected chi connectivity index (χ0v) is 20.9. The van der Waals surface area contributed by atoms with Crippen molar-refractivity contribution in [2.45, 2.75) is 39.7 Å². The van der Waals surface area contributed by atoms with E-state index < -0.39 is 23.8 Å². The Hall–Kier alpha value is -2.91. The number of halogens is 4. The third-order valence-corrected chi connectivity index (χ3v) is 6.32. The van der Waals surface area contributed by atoms with E-state index in [1.165, 1.54) is 12.1 Å². The number of benzene rings is 2. The van der Waals surface area contributed by atoms with Gasteiger partial charge in [0, 0.05) is 24.9 Å². The minimum atomic E-state index is -2.89. The molecule has 0 aliphatic carbocycles. The molecule has 3 aromatic rings. The van der Waals surface area contributed by atoms with E-state index in [0.717, 1.165) is 10.5 Å². The zero-order valence-electron chi connectivity index (χ0n) is 19.4. The van der Waals surface area contributed by atoms with Gasteiger partial charge in [-0.2, -0.15) is 0 Å². The summed E-state index contributed by atoms with van der Waals surface area (Å²) in [6.45, 7) is 5.19. The Morgan fingerprint density at radius 1 is 1.17 bits per heavy atom. The molecule has 2 amide bonds. The van der Waals surface area contributed by atoms with Crippen molar-refractivity contribution in [3.8, 4) is 0 Å². The summed E-state index contributed by atoms with van der Waals surface area (Å²) in [6, 6.07) is 8.35. The van der Waals surface area contributed by atoms with E-state index in [-0.39, 0.29) is 29.5 Å². The molecule has 0 atom stereocenters. The molecule has 7 nitrogen and oxygen atoms in total. The Bertz CT molecular complexity index is 1300. The van der Waals surface area contributed by atoms with Crippen LogP contribution in [0, 0.1) is 5.41 Å². The average molecular weight is 524 g/mol. The van der Waals surface area contributed by atoms with Crippen LogP contribution < -0.4 is 10.6 Å². The van der Waals surface area contributed by atoms with Gasteiger partial charge in [-0.3, -0.25) is 9.59 Å².